The quantitative estimate of drug-likeness (QED) is 0.764. The van der Waals surface area contributed by atoms with E-state index in [4.69, 9.17) is 4.74 Å². The first-order chi connectivity index (χ1) is 13.0. The third kappa shape index (κ3) is 5.08. The number of rotatable bonds is 7. The predicted octanol–water partition coefficient (Wildman–Crippen LogP) is 2.88. The van der Waals surface area contributed by atoms with Crippen molar-refractivity contribution in [3.63, 3.8) is 0 Å². The summed E-state index contributed by atoms with van der Waals surface area (Å²) in [4.78, 5) is 12.3. The molecule has 27 heavy (non-hydrogen) atoms. The minimum absolute atomic E-state index is 0.0369. The summed E-state index contributed by atoms with van der Waals surface area (Å²) < 4.78 is 32.6. The molecule has 2 aromatic rings. The number of aryl methyl sites for hydroxylation is 2. The maximum atomic E-state index is 12.5. The lowest BCUT2D eigenvalue weighted by Crippen LogP contribution is -2.28. The molecule has 2 N–H and O–H groups in total. The number of sulfonamides is 1. The fourth-order valence-corrected chi connectivity index (χ4v) is 4.27. The molecular weight excluding hydrogens is 364 g/mol. The smallest absolute Gasteiger partial charge is 0.240 e. The fourth-order valence-electron chi connectivity index (χ4n) is 3.18. The number of ether oxygens (including phenoxy) is 1. The molecule has 0 saturated carbocycles. The summed E-state index contributed by atoms with van der Waals surface area (Å²) in [5.74, 6) is 0.373. The van der Waals surface area contributed by atoms with Gasteiger partial charge >= 0.3 is 0 Å². The van der Waals surface area contributed by atoms with Crippen LogP contribution < -0.4 is 14.8 Å². The van der Waals surface area contributed by atoms with Crippen LogP contribution in [0.2, 0.25) is 0 Å². The Morgan fingerprint density at radius 1 is 1.07 bits per heavy atom. The zero-order valence-electron chi connectivity index (χ0n) is 15.3. The molecule has 0 fully saturated rings. The van der Waals surface area contributed by atoms with Gasteiger partial charge in [-0.3, -0.25) is 4.79 Å². The predicted molar refractivity (Wildman–Crippen MR) is 105 cm³/mol. The van der Waals surface area contributed by atoms with Crippen molar-refractivity contribution in [2.75, 3.05) is 19.0 Å². The molecule has 0 radical (unpaired) electrons. The normalized spacial score (nSPS) is 13.7. The second-order valence-electron chi connectivity index (χ2n) is 6.57. The number of hydrogen-bond acceptors (Lipinski definition) is 4. The molecule has 1 aliphatic carbocycles. The molecular formula is C20H24N2O4S. The summed E-state index contributed by atoms with van der Waals surface area (Å²) in [6, 6.07) is 12.3. The Kier molecular flexibility index (Phi) is 6.13. The summed E-state index contributed by atoms with van der Waals surface area (Å²) in [6.07, 6.45) is 4.21. The van der Waals surface area contributed by atoms with Crippen LogP contribution >= 0.6 is 0 Å². The van der Waals surface area contributed by atoms with Crippen LogP contribution in [0.4, 0.5) is 5.69 Å². The topological polar surface area (TPSA) is 84.5 Å². The molecule has 0 heterocycles. The molecule has 1 aliphatic rings. The van der Waals surface area contributed by atoms with Gasteiger partial charge in [0.05, 0.1) is 12.0 Å². The highest BCUT2D eigenvalue weighted by Gasteiger charge is 2.17. The van der Waals surface area contributed by atoms with Crippen LogP contribution in [0.5, 0.6) is 5.75 Å². The van der Waals surface area contributed by atoms with Crippen LogP contribution in [-0.4, -0.2) is 28.0 Å². The highest BCUT2D eigenvalue weighted by molar-refractivity contribution is 7.89. The first kappa shape index (κ1) is 19.4. The van der Waals surface area contributed by atoms with Crippen molar-refractivity contribution >= 4 is 21.6 Å². The Morgan fingerprint density at radius 3 is 2.63 bits per heavy atom. The maximum Gasteiger partial charge on any atom is 0.240 e. The minimum Gasteiger partial charge on any atom is -0.497 e. The third-order valence-electron chi connectivity index (χ3n) is 4.63. The number of hydrogen-bond donors (Lipinski definition) is 2. The van der Waals surface area contributed by atoms with E-state index < -0.39 is 10.0 Å². The first-order valence-electron chi connectivity index (χ1n) is 9.03. The molecule has 0 aromatic heterocycles. The lowest BCUT2D eigenvalue weighted by molar-refractivity contribution is -0.116. The monoisotopic (exact) mass is 388 g/mol. The Morgan fingerprint density at radius 2 is 1.85 bits per heavy atom. The van der Waals surface area contributed by atoms with E-state index in [1.165, 1.54) is 5.56 Å². The average molecular weight is 388 g/mol. The van der Waals surface area contributed by atoms with Crippen molar-refractivity contribution in [3.8, 4) is 5.75 Å². The molecule has 0 spiro atoms. The second kappa shape index (κ2) is 8.54. The number of methoxy groups -OCH3 is 1. The lowest BCUT2D eigenvalue weighted by atomic mass is 9.92. The number of carbonyl (C=O) groups excluding carboxylic acids is 1. The van der Waals surface area contributed by atoms with E-state index in [-0.39, 0.29) is 23.8 Å². The van der Waals surface area contributed by atoms with E-state index in [9.17, 15) is 13.2 Å². The van der Waals surface area contributed by atoms with Gasteiger partial charge in [0.15, 0.2) is 0 Å². The van der Waals surface area contributed by atoms with E-state index in [1.807, 2.05) is 6.07 Å². The van der Waals surface area contributed by atoms with E-state index in [0.717, 1.165) is 31.2 Å². The zero-order chi connectivity index (χ0) is 19.3. The van der Waals surface area contributed by atoms with Gasteiger partial charge in [0.1, 0.15) is 5.75 Å². The number of nitrogens with one attached hydrogen (secondary N) is 2. The van der Waals surface area contributed by atoms with Gasteiger partial charge < -0.3 is 10.1 Å². The van der Waals surface area contributed by atoms with Gasteiger partial charge in [0.25, 0.3) is 0 Å². The Bertz CT molecular complexity index is 925. The van der Waals surface area contributed by atoms with Gasteiger partial charge in [-0.05, 0) is 61.1 Å². The fraction of sp³-hybridized carbons (Fsp3) is 0.350. The minimum atomic E-state index is -3.62. The van der Waals surface area contributed by atoms with Gasteiger partial charge in [0.2, 0.25) is 15.9 Å². The standard InChI is InChI=1S/C20H24N2O4S/c1-26-18-8-4-7-17(14-18)22-20(23)11-12-21-27(24,25)19-10-9-15-5-2-3-6-16(15)13-19/h4,7-10,13-14,21H,2-3,5-6,11-12H2,1H3,(H,22,23). The van der Waals surface area contributed by atoms with Crippen molar-refractivity contribution < 1.29 is 17.9 Å². The van der Waals surface area contributed by atoms with Crippen LogP contribution in [0.1, 0.15) is 30.4 Å². The summed E-state index contributed by atoms with van der Waals surface area (Å²) >= 11 is 0. The average Bonchev–Trinajstić information content (AvgIpc) is 2.67. The van der Waals surface area contributed by atoms with Crippen LogP contribution in [0.25, 0.3) is 0 Å². The van der Waals surface area contributed by atoms with Gasteiger partial charge in [-0.15, -0.1) is 0 Å². The Hall–Kier alpha value is -2.38. The van der Waals surface area contributed by atoms with Crippen molar-refractivity contribution in [1.82, 2.24) is 4.72 Å². The Balaban J connectivity index is 1.55. The number of fused-ring (bicyclic) bond motifs is 1. The van der Waals surface area contributed by atoms with Crippen LogP contribution in [0.15, 0.2) is 47.4 Å². The maximum absolute atomic E-state index is 12.5. The van der Waals surface area contributed by atoms with Crippen molar-refractivity contribution in [2.24, 2.45) is 0 Å². The van der Waals surface area contributed by atoms with E-state index in [0.29, 0.717) is 11.4 Å². The van der Waals surface area contributed by atoms with Gasteiger partial charge in [0, 0.05) is 24.7 Å². The number of benzene rings is 2. The van der Waals surface area contributed by atoms with Gasteiger partial charge in [-0.2, -0.15) is 0 Å². The molecule has 0 unspecified atom stereocenters. The summed E-state index contributed by atoms with van der Waals surface area (Å²) in [5, 5.41) is 2.73. The number of carbonyl (C=O) groups is 1. The second-order valence-corrected chi connectivity index (χ2v) is 8.33. The van der Waals surface area contributed by atoms with Gasteiger partial charge in [-0.1, -0.05) is 12.1 Å². The van der Waals surface area contributed by atoms with Crippen molar-refractivity contribution in [2.45, 2.75) is 37.0 Å². The molecule has 1 amide bonds. The largest absolute Gasteiger partial charge is 0.497 e. The number of amides is 1. The highest BCUT2D eigenvalue weighted by Crippen LogP contribution is 2.24. The van der Waals surface area contributed by atoms with Crippen molar-refractivity contribution in [1.29, 1.82) is 0 Å². The molecule has 6 nitrogen and oxygen atoms in total. The van der Waals surface area contributed by atoms with E-state index >= 15 is 0 Å². The number of anilines is 1. The SMILES string of the molecule is COc1cccc(NC(=O)CCNS(=O)(=O)c2ccc3c(c2)CCCC3)c1. The molecule has 0 atom stereocenters. The molecule has 3 rings (SSSR count). The van der Waals surface area contributed by atoms with Crippen molar-refractivity contribution in [3.05, 3.63) is 53.6 Å². The van der Waals surface area contributed by atoms with Gasteiger partial charge in [-0.25, -0.2) is 13.1 Å². The highest BCUT2D eigenvalue weighted by atomic mass is 32.2. The van der Waals surface area contributed by atoms with Crippen LogP contribution in [-0.2, 0) is 27.7 Å². The van der Waals surface area contributed by atoms with E-state index in [2.05, 4.69) is 10.0 Å². The summed E-state index contributed by atoms with van der Waals surface area (Å²) in [5.41, 5.74) is 2.95. The molecule has 7 heteroatoms. The van der Waals surface area contributed by atoms with Crippen LogP contribution in [0.3, 0.4) is 0 Å². The van der Waals surface area contributed by atoms with E-state index in [1.54, 1.807) is 43.5 Å². The molecule has 0 saturated heterocycles. The first-order valence-corrected chi connectivity index (χ1v) is 10.5. The molecule has 2 aromatic carbocycles. The zero-order valence-corrected chi connectivity index (χ0v) is 16.1. The molecule has 0 aliphatic heterocycles. The summed E-state index contributed by atoms with van der Waals surface area (Å²) in [6.45, 7) is 0.0369. The molecule has 0 bridgehead atoms. The molecule has 144 valence electrons. The summed E-state index contributed by atoms with van der Waals surface area (Å²) in [7, 11) is -2.07. The Labute approximate surface area is 160 Å². The third-order valence-corrected chi connectivity index (χ3v) is 6.09. The van der Waals surface area contributed by atoms with Crippen LogP contribution in [0, 0.1) is 0 Å². The lowest BCUT2D eigenvalue weighted by Gasteiger charge is -2.16.